The highest BCUT2D eigenvalue weighted by Crippen LogP contribution is 2.26. The standard InChI is InChI=1S/C13H23NO2S/c1-3-16-13(15)8-5-9-14-11-6-4-7-12(10-11)17-2/h5,8,11-12,14H,3-4,6-7,9-10H2,1-2H3/b8-5+. The van der Waals surface area contributed by atoms with E-state index < -0.39 is 0 Å². The van der Waals surface area contributed by atoms with E-state index in [1.807, 2.05) is 24.8 Å². The zero-order chi connectivity index (χ0) is 12.5. The molecule has 0 aromatic rings. The third-order valence-corrected chi connectivity index (χ3v) is 4.12. The molecule has 2 atom stereocenters. The molecule has 0 radical (unpaired) electrons. The Bertz CT molecular complexity index is 256. The summed E-state index contributed by atoms with van der Waals surface area (Å²) in [5.74, 6) is -0.250. The fourth-order valence-electron chi connectivity index (χ4n) is 2.12. The Hall–Kier alpha value is -0.480. The summed E-state index contributed by atoms with van der Waals surface area (Å²) in [6.07, 6.45) is 10.7. The molecule has 1 saturated carbocycles. The fraction of sp³-hybridized carbons (Fsp3) is 0.769. The smallest absolute Gasteiger partial charge is 0.330 e. The first-order valence-electron chi connectivity index (χ1n) is 6.35. The third-order valence-electron chi connectivity index (χ3n) is 3.02. The van der Waals surface area contributed by atoms with E-state index in [0.717, 1.165) is 11.8 Å². The second-order valence-electron chi connectivity index (χ2n) is 4.28. The number of carbonyl (C=O) groups excluding carboxylic acids is 1. The van der Waals surface area contributed by atoms with E-state index in [4.69, 9.17) is 4.74 Å². The van der Waals surface area contributed by atoms with Crippen molar-refractivity contribution < 1.29 is 9.53 Å². The van der Waals surface area contributed by atoms with Crippen molar-refractivity contribution in [3.05, 3.63) is 12.2 Å². The summed E-state index contributed by atoms with van der Waals surface area (Å²) in [5.41, 5.74) is 0. The van der Waals surface area contributed by atoms with E-state index in [1.165, 1.54) is 31.8 Å². The SMILES string of the molecule is CCOC(=O)/C=C/CNC1CCCC(SC)C1. The van der Waals surface area contributed by atoms with Crippen molar-refractivity contribution in [3.8, 4) is 0 Å². The molecule has 4 heteroatoms. The lowest BCUT2D eigenvalue weighted by molar-refractivity contribution is -0.137. The zero-order valence-electron chi connectivity index (χ0n) is 10.8. The molecule has 0 amide bonds. The van der Waals surface area contributed by atoms with Crippen LogP contribution in [-0.4, -0.2) is 36.7 Å². The third kappa shape index (κ3) is 6.13. The molecule has 0 saturated heterocycles. The quantitative estimate of drug-likeness (QED) is 0.585. The van der Waals surface area contributed by atoms with Crippen LogP contribution in [0.15, 0.2) is 12.2 Å². The minimum atomic E-state index is -0.250. The van der Waals surface area contributed by atoms with Gasteiger partial charge in [0.15, 0.2) is 0 Å². The van der Waals surface area contributed by atoms with Gasteiger partial charge in [0.2, 0.25) is 0 Å². The van der Waals surface area contributed by atoms with Crippen LogP contribution in [0.1, 0.15) is 32.6 Å². The lowest BCUT2D eigenvalue weighted by Crippen LogP contribution is -2.35. The van der Waals surface area contributed by atoms with Crippen LogP contribution in [0.4, 0.5) is 0 Å². The molecule has 1 N–H and O–H groups in total. The van der Waals surface area contributed by atoms with Gasteiger partial charge in [-0.1, -0.05) is 12.5 Å². The van der Waals surface area contributed by atoms with Gasteiger partial charge >= 0.3 is 5.97 Å². The monoisotopic (exact) mass is 257 g/mol. The van der Waals surface area contributed by atoms with Gasteiger partial charge in [0.25, 0.3) is 0 Å². The van der Waals surface area contributed by atoms with Crippen LogP contribution in [0.25, 0.3) is 0 Å². The Morgan fingerprint density at radius 3 is 3.06 bits per heavy atom. The van der Waals surface area contributed by atoms with Gasteiger partial charge in [0.05, 0.1) is 6.61 Å². The van der Waals surface area contributed by atoms with Crippen molar-refractivity contribution in [3.63, 3.8) is 0 Å². The maximum Gasteiger partial charge on any atom is 0.330 e. The summed E-state index contributed by atoms with van der Waals surface area (Å²) in [6, 6.07) is 0.605. The molecule has 1 aliphatic rings. The lowest BCUT2D eigenvalue weighted by Gasteiger charge is -2.28. The molecule has 0 bridgehead atoms. The Kier molecular flexibility index (Phi) is 7.37. The van der Waals surface area contributed by atoms with Gasteiger partial charge in [-0.3, -0.25) is 0 Å². The predicted molar refractivity (Wildman–Crippen MR) is 73.3 cm³/mol. The van der Waals surface area contributed by atoms with Crippen molar-refractivity contribution in [2.24, 2.45) is 0 Å². The number of carbonyl (C=O) groups is 1. The molecule has 1 rings (SSSR count). The molecule has 17 heavy (non-hydrogen) atoms. The number of ether oxygens (including phenoxy) is 1. The molecule has 3 nitrogen and oxygen atoms in total. The second kappa shape index (κ2) is 8.59. The molecule has 0 aromatic carbocycles. The molecule has 0 aromatic heterocycles. The second-order valence-corrected chi connectivity index (χ2v) is 5.42. The van der Waals surface area contributed by atoms with Crippen LogP contribution in [-0.2, 0) is 9.53 Å². The van der Waals surface area contributed by atoms with Gasteiger partial charge in [0, 0.05) is 23.9 Å². The van der Waals surface area contributed by atoms with E-state index in [0.29, 0.717) is 12.6 Å². The first-order valence-corrected chi connectivity index (χ1v) is 7.64. The van der Waals surface area contributed by atoms with E-state index in [-0.39, 0.29) is 5.97 Å². The first kappa shape index (κ1) is 14.6. The van der Waals surface area contributed by atoms with Crippen molar-refractivity contribution in [1.82, 2.24) is 5.32 Å². The van der Waals surface area contributed by atoms with E-state index in [1.54, 1.807) is 0 Å². The zero-order valence-corrected chi connectivity index (χ0v) is 11.6. The van der Waals surface area contributed by atoms with Gasteiger partial charge < -0.3 is 10.1 Å². The largest absolute Gasteiger partial charge is 0.463 e. The van der Waals surface area contributed by atoms with Gasteiger partial charge in [-0.2, -0.15) is 11.8 Å². The number of thioether (sulfide) groups is 1. The molecule has 0 heterocycles. The maximum absolute atomic E-state index is 11.1. The number of hydrogen-bond acceptors (Lipinski definition) is 4. The van der Waals surface area contributed by atoms with Gasteiger partial charge in [0.1, 0.15) is 0 Å². The molecule has 98 valence electrons. The molecule has 2 unspecified atom stereocenters. The van der Waals surface area contributed by atoms with Gasteiger partial charge in [-0.15, -0.1) is 0 Å². The normalized spacial score (nSPS) is 25.1. The van der Waals surface area contributed by atoms with Crippen LogP contribution in [0.2, 0.25) is 0 Å². The minimum Gasteiger partial charge on any atom is -0.463 e. The molecule has 1 fully saturated rings. The van der Waals surface area contributed by atoms with Crippen LogP contribution in [0.5, 0.6) is 0 Å². The van der Waals surface area contributed by atoms with Gasteiger partial charge in [-0.25, -0.2) is 4.79 Å². The average Bonchev–Trinajstić information content (AvgIpc) is 2.35. The van der Waals surface area contributed by atoms with Crippen molar-refractivity contribution >= 4 is 17.7 Å². The molecule has 1 aliphatic carbocycles. The van der Waals surface area contributed by atoms with Crippen molar-refractivity contribution in [2.45, 2.75) is 43.9 Å². The predicted octanol–water partition coefficient (Wildman–Crippen LogP) is 2.37. The van der Waals surface area contributed by atoms with Crippen LogP contribution in [0.3, 0.4) is 0 Å². The lowest BCUT2D eigenvalue weighted by atomic mass is 9.95. The van der Waals surface area contributed by atoms with Crippen LogP contribution >= 0.6 is 11.8 Å². The summed E-state index contributed by atoms with van der Waals surface area (Å²) >= 11 is 1.97. The summed E-state index contributed by atoms with van der Waals surface area (Å²) in [4.78, 5) is 11.1. The highest BCUT2D eigenvalue weighted by Gasteiger charge is 2.19. The van der Waals surface area contributed by atoms with Gasteiger partial charge in [-0.05, 0) is 32.4 Å². The Balaban J connectivity index is 2.15. The minimum absolute atomic E-state index is 0.250. The summed E-state index contributed by atoms with van der Waals surface area (Å²) in [7, 11) is 0. The Morgan fingerprint density at radius 2 is 2.35 bits per heavy atom. The first-order chi connectivity index (χ1) is 8.26. The highest BCUT2D eigenvalue weighted by atomic mass is 32.2. The van der Waals surface area contributed by atoms with Crippen LogP contribution < -0.4 is 5.32 Å². The highest BCUT2D eigenvalue weighted by molar-refractivity contribution is 7.99. The topological polar surface area (TPSA) is 38.3 Å². The molecule has 0 aliphatic heterocycles. The maximum atomic E-state index is 11.1. The van der Waals surface area contributed by atoms with E-state index in [9.17, 15) is 4.79 Å². The molecule has 0 spiro atoms. The van der Waals surface area contributed by atoms with Crippen molar-refractivity contribution in [2.75, 3.05) is 19.4 Å². The summed E-state index contributed by atoms with van der Waals surface area (Å²) < 4.78 is 4.81. The van der Waals surface area contributed by atoms with E-state index in [2.05, 4.69) is 11.6 Å². The van der Waals surface area contributed by atoms with Crippen molar-refractivity contribution in [1.29, 1.82) is 0 Å². The number of esters is 1. The van der Waals surface area contributed by atoms with Crippen LogP contribution in [0, 0.1) is 0 Å². The summed E-state index contributed by atoms with van der Waals surface area (Å²) in [6.45, 7) is 3.01. The fourth-order valence-corrected chi connectivity index (χ4v) is 2.95. The molecular formula is C13H23NO2S. The van der Waals surface area contributed by atoms with E-state index >= 15 is 0 Å². The molecular weight excluding hydrogens is 234 g/mol. The number of rotatable bonds is 6. The Morgan fingerprint density at radius 1 is 1.53 bits per heavy atom. The number of nitrogens with one attached hydrogen (secondary N) is 1. The summed E-state index contributed by atoms with van der Waals surface area (Å²) in [5, 5.41) is 4.28. The number of hydrogen-bond donors (Lipinski definition) is 1. The Labute approximate surface area is 108 Å². The average molecular weight is 257 g/mol.